The van der Waals surface area contributed by atoms with Gasteiger partial charge in [-0.25, -0.2) is 0 Å². The molecule has 0 saturated heterocycles. The Kier molecular flexibility index (Phi) is 8.02. The zero-order chi connectivity index (χ0) is 28.3. The van der Waals surface area contributed by atoms with Gasteiger partial charge in [0, 0.05) is 12.1 Å². The lowest BCUT2D eigenvalue weighted by Crippen LogP contribution is -2.75. The lowest BCUT2D eigenvalue weighted by atomic mass is 9.88. The molecule has 34 heavy (non-hydrogen) atoms. The standard InChI is InChI=1S/C15H14F17NO/c1-5(2)33(6(3)4)7(34)8(16,17)9(18,19)10(20,21)11(22,23)12(24,25)13(26,27)14(28,29)15(30,31)32/h5-6H,1-4H3. The summed E-state index contributed by atoms with van der Waals surface area (Å²) in [5.41, 5.74) is 0. The first kappa shape index (κ1) is 32.3. The minimum Gasteiger partial charge on any atom is -0.332 e. The minimum absolute atomic E-state index is 0.327. The topological polar surface area (TPSA) is 20.3 Å². The Bertz CT molecular complexity index is 745. The fourth-order valence-corrected chi connectivity index (χ4v) is 2.53. The van der Waals surface area contributed by atoms with E-state index in [1.54, 1.807) is 0 Å². The number of alkyl halides is 17. The highest BCUT2D eigenvalue weighted by atomic mass is 19.4. The maximum absolute atomic E-state index is 14.0. The highest BCUT2D eigenvalue weighted by Gasteiger charge is 2.95. The molecule has 1 amide bonds. The molecule has 0 spiro atoms. The Morgan fingerprint density at radius 1 is 0.471 bits per heavy atom. The van der Waals surface area contributed by atoms with Gasteiger partial charge in [0.25, 0.3) is 5.91 Å². The number of amides is 1. The second-order valence-electron chi connectivity index (χ2n) is 7.42. The van der Waals surface area contributed by atoms with Crippen LogP contribution in [0.3, 0.4) is 0 Å². The Labute approximate surface area is 179 Å². The summed E-state index contributed by atoms with van der Waals surface area (Å²) < 4.78 is 225. The third-order valence-corrected chi connectivity index (χ3v) is 4.34. The minimum atomic E-state index is -8.72. The Hall–Kier alpha value is -1.72. The van der Waals surface area contributed by atoms with E-state index in [-0.39, 0.29) is 4.90 Å². The zero-order valence-electron chi connectivity index (χ0n) is 16.9. The molecule has 0 N–H and O–H groups in total. The fourth-order valence-electron chi connectivity index (χ4n) is 2.53. The zero-order valence-corrected chi connectivity index (χ0v) is 16.9. The van der Waals surface area contributed by atoms with Gasteiger partial charge in [0.2, 0.25) is 0 Å². The van der Waals surface area contributed by atoms with Crippen molar-refractivity contribution >= 4 is 5.91 Å². The van der Waals surface area contributed by atoms with Crippen LogP contribution in [0.2, 0.25) is 0 Å². The lowest BCUT2D eigenvalue weighted by molar-refractivity contribution is -0.459. The molecule has 0 aliphatic rings. The summed E-state index contributed by atoms with van der Waals surface area (Å²) in [6.07, 6.45) is -7.82. The Balaban J connectivity index is 6.92. The number of hydrogen-bond donors (Lipinski definition) is 0. The summed E-state index contributed by atoms with van der Waals surface area (Å²) in [6.45, 7) is 3.25. The highest BCUT2D eigenvalue weighted by Crippen LogP contribution is 2.64. The molecule has 0 aromatic heterocycles. The van der Waals surface area contributed by atoms with E-state index in [2.05, 4.69) is 0 Å². The number of carbonyl (C=O) groups excluding carboxylic acids is 1. The molecular weight excluding hydrogens is 533 g/mol. The summed E-state index contributed by atoms with van der Waals surface area (Å²) in [7, 11) is 0. The molecule has 0 unspecified atom stereocenters. The van der Waals surface area contributed by atoms with Gasteiger partial charge in [-0.1, -0.05) is 0 Å². The smallest absolute Gasteiger partial charge is 0.332 e. The molecule has 0 heterocycles. The number of nitrogens with zero attached hydrogens (tertiary/aromatic N) is 1. The van der Waals surface area contributed by atoms with E-state index in [0.29, 0.717) is 0 Å². The Morgan fingerprint density at radius 2 is 0.706 bits per heavy atom. The van der Waals surface area contributed by atoms with E-state index in [1.807, 2.05) is 0 Å². The van der Waals surface area contributed by atoms with Crippen molar-refractivity contribution in [2.24, 2.45) is 0 Å². The molecule has 0 atom stereocenters. The third kappa shape index (κ3) is 4.13. The second-order valence-corrected chi connectivity index (χ2v) is 7.42. The monoisotopic (exact) mass is 547 g/mol. The van der Waals surface area contributed by atoms with Crippen LogP contribution in [0.5, 0.6) is 0 Å². The molecule has 0 aliphatic carbocycles. The van der Waals surface area contributed by atoms with Gasteiger partial charge < -0.3 is 4.90 Å². The fraction of sp³-hybridized carbons (Fsp3) is 0.933. The SMILES string of the molecule is CC(C)N(C(=O)C(F)(F)C(F)(F)C(F)(F)C(F)(F)C(F)(F)C(F)(F)C(F)(F)C(F)(F)F)C(C)C. The third-order valence-electron chi connectivity index (χ3n) is 4.34. The van der Waals surface area contributed by atoms with Crippen molar-refractivity contribution in [3.63, 3.8) is 0 Å². The van der Waals surface area contributed by atoms with Gasteiger partial charge in [0.1, 0.15) is 0 Å². The molecule has 0 saturated carbocycles. The lowest BCUT2D eigenvalue weighted by Gasteiger charge is -2.43. The summed E-state index contributed by atoms with van der Waals surface area (Å²) in [5.74, 6) is -61.2. The van der Waals surface area contributed by atoms with Gasteiger partial charge >= 0.3 is 47.6 Å². The van der Waals surface area contributed by atoms with Gasteiger partial charge in [-0.2, -0.15) is 74.6 Å². The highest BCUT2D eigenvalue weighted by molar-refractivity contribution is 5.85. The first-order valence-corrected chi connectivity index (χ1v) is 8.47. The van der Waals surface area contributed by atoms with E-state index >= 15 is 0 Å². The van der Waals surface area contributed by atoms with Gasteiger partial charge in [-0.05, 0) is 27.7 Å². The first-order valence-electron chi connectivity index (χ1n) is 8.47. The molecule has 0 aromatic rings. The van der Waals surface area contributed by atoms with Crippen LogP contribution in [0.1, 0.15) is 27.7 Å². The molecule has 204 valence electrons. The molecule has 0 fully saturated rings. The van der Waals surface area contributed by atoms with E-state index in [1.165, 1.54) is 0 Å². The average Bonchev–Trinajstić information content (AvgIpc) is 2.58. The van der Waals surface area contributed by atoms with Crippen molar-refractivity contribution in [1.82, 2.24) is 4.90 Å². The largest absolute Gasteiger partial charge is 0.460 e. The number of rotatable bonds is 9. The maximum atomic E-state index is 14.0. The van der Waals surface area contributed by atoms with E-state index in [0.717, 1.165) is 27.7 Å². The van der Waals surface area contributed by atoms with E-state index in [9.17, 15) is 79.4 Å². The second kappa shape index (κ2) is 8.44. The summed E-state index contributed by atoms with van der Waals surface area (Å²) >= 11 is 0. The maximum Gasteiger partial charge on any atom is 0.460 e. The molecule has 0 radical (unpaired) electrons. The van der Waals surface area contributed by atoms with Crippen LogP contribution in [0.25, 0.3) is 0 Å². The van der Waals surface area contributed by atoms with Crippen LogP contribution in [0.15, 0.2) is 0 Å². The van der Waals surface area contributed by atoms with Crippen LogP contribution in [0.4, 0.5) is 74.6 Å². The Morgan fingerprint density at radius 3 is 0.941 bits per heavy atom. The van der Waals surface area contributed by atoms with Gasteiger partial charge in [0.05, 0.1) is 0 Å². The molecule has 0 aromatic carbocycles. The number of carbonyl (C=O) groups is 1. The number of halogens is 17. The van der Waals surface area contributed by atoms with E-state index in [4.69, 9.17) is 0 Å². The molecule has 0 aliphatic heterocycles. The van der Waals surface area contributed by atoms with Crippen molar-refractivity contribution in [1.29, 1.82) is 0 Å². The summed E-state index contributed by atoms with van der Waals surface area (Å²) in [4.78, 5) is 11.4. The van der Waals surface area contributed by atoms with Gasteiger partial charge in [-0.3, -0.25) is 4.79 Å². The average molecular weight is 547 g/mol. The van der Waals surface area contributed by atoms with Crippen LogP contribution in [0, 0.1) is 0 Å². The van der Waals surface area contributed by atoms with Crippen molar-refractivity contribution in [2.45, 2.75) is 87.4 Å². The molecule has 0 rings (SSSR count). The predicted molar refractivity (Wildman–Crippen MR) is 77.8 cm³/mol. The van der Waals surface area contributed by atoms with Crippen LogP contribution in [-0.2, 0) is 4.79 Å². The van der Waals surface area contributed by atoms with E-state index < -0.39 is 65.6 Å². The summed E-state index contributed by atoms with van der Waals surface area (Å²) in [5, 5.41) is 0. The molecular formula is C15H14F17NO. The molecule has 0 bridgehead atoms. The number of hydrogen-bond acceptors (Lipinski definition) is 1. The predicted octanol–water partition coefficient (Wildman–Crippen LogP) is 6.64. The summed E-state index contributed by atoms with van der Waals surface area (Å²) in [6, 6.07) is -3.11. The van der Waals surface area contributed by atoms with Crippen LogP contribution in [-0.4, -0.2) is 70.5 Å². The van der Waals surface area contributed by atoms with Crippen molar-refractivity contribution in [3.05, 3.63) is 0 Å². The molecule has 2 nitrogen and oxygen atoms in total. The van der Waals surface area contributed by atoms with Crippen molar-refractivity contribution in [3.8, 4) is 0 Å². The van der Waals surface area contributed by atoms with Crippen LogP contribution >= 0.6 is 0 Å². The van der Waals surface area contributed by atoms with Gasteiger partial charge in [-0.15, -0.1) is 0 Å². The van der Waals surface area contributed by atoms with Crippen molar-refractivity contribution < 1.29 is 79.4 Å². The van der Waals surface area contributed by atoms with Crippen LogP contribution < -0.4 is 0 Å². The first-order chi connectivity index (χ1) is 14.4. The van der Waals surface area contributed by atoms with Gasteiger partial charge in [0.15, 0.2) is 0 Å². The quantitative estimate of drug-likeness (QED) is 0.297. The van der Waals surface area contributed by atoms with Crippen molar-refractivity contribution in [2.75, 3.05) is 0 Å². The molecule has 19 heteroatoms. The normalized spacial score (nSPS) is 15.9.